The van der Waals surface area contributed by atoms with E-state index in [1.165, 1.54) is 48.5 Å². The molecule has 38 heavy (non-hydrogen) atoms. The lowest BCUT2D eigenvalue weighted by Crippen LogP contribution is -3.00. The Labute approximate surface area is 230 Å². The summed E-state index contributed by atoms with van der Waals surface area (Å²) in [6, 6.07) is 17.1. The predicted molar refractivity (Wildman–Crippen MR) is 131 cm³/mol. The zero-order valence-electron chi connectivity index (χ0n) is 20.6. The van der Waals surface area contributed by atoms with Crippen molar-refractivity contribution in [1.29, 1.82) is 0 Å². The number of carbonyl (C=O) groups is 2. The van der Waals surface area contributed by atoms with Crippen LogP contribution >= 0.6 is 0 Å². The van der Waals surface area contributed by atoms with Crippen LogP contribution in [-0.4, -0.2) is 48.6 Å². The molecule has 5 nitrogen and oxygen atoms in total. The Morgan fingerprint density at radius 1 is 0.895 bits per heavy atom. The number of nitrogens with zero attached hydrogens (tertiary/aromatic N) is 1. The van der Waals surface area contributed by atoms with Crippen molar-refractivity contribution in [3.05, 3.63) is 107 Å². The van der Waals surface area contributed by atoms with E-state index in [-0.39, 0.29) is 46.8 Å². The summed E-state index contributed by atoms with van der Waals surface area (Å²) < 4.78 is 48.3. The van der Waals surface area contributed by atoms with E-state index in [1.54, 1.807) is 24.3 Å². The third-order valence-electron chi connectivity index (χ3n) is 7.59. The van der Waals surface area contributed by atoms with Gasteiger partial charge in [0.05, 0.1) is 31.2 Å². The Balaban J connectivity index is 0.00000336. The highest BCUT2D eigenvalue weighted by Crippen LogP contribution is 2.35. The van der Waals surface area contributed by atoms with Gasteiger partial charge >= 0.3 is 6.09 Å². The molecule has 0 aliphatic carbocycles. The maximum atomic E-state index is 14.2. The number of hydrogen-bond acceptors (Lipinski definition) is 3. The van der Waals surface area contributed by atoms with Gasteiger partial charge in [-0.25, -0.2) is 18.0 Å². The topological polar surface area (TPSA) is 55.4 Å². The summed E-state index contributed by atoms with van der Waals surface area (Å²) in [5.41, 5.74) is 0.849. The van der Waals surface area contributed by atoms with Crippen molar-refractivity contribution in [3.8, 4) is 0 Å². The SMILES string of the molecule is O=C(NC1C[N+]2(CC(=O)c3ccccc3F)CCC1CC2)OC(c1cccc(F)c1)c1cccc(F)c1.[Br-]. The summed E-state index contributed by atoms with van der Waals surface area (Å²) in [6.07, 6.45) is -0.0477. The summed E-state index contributed by atoms with van der Waals surface area (Å²) in [5, 5.41) is 2.95. The van der Waals surface area contributed by atoms with Crippen LogP contribution in [0.5, 0.6) is 0 Å². The van der Waals surface area contributed by atoms with Crippen molar-refractivity contribution < 1.29 is 49.0 Å². The number of ketones is 1. The Bertz CT molecular complexity index is 1270. The highest BCUT2D eigenvalue weighted by atomic mass is 79.9. The predicted octanol–water partition coefficient (Wildman–Crippen LogP) is 2.42. The molecule has 1 unspecified atom stereocenters. The van der Waals surface area contributed by atoms with Crippen LogP contribution in [0.15, 0.2) is 72.8 Å². The van der Waals surface area contributed by atoms with Crippen LogP contribution in [0.25, 0.3) is 0 Å². The fraction of sp³-hybridized carbons (Fsp3) is 0.310. The fourth-order valence-corrected chi connectivity index (χ4v) is 5.71. The van der Waals surface area contributed by atoms with Gasteiger partial charge in [-0.2, -0.15) is 0 Å². The van der Waals surface area contributed by atoms with E-state index >= 15 is 0 Å². The Morgan fingerprint density at radius 3 is 2.08 bits per heavy atom. The molecule has 0 saturated carbocycles. The number of benzene rings is 3. The highest BCUT2D eigenvalue weighted by Gasteiger charge is 2.47. The molecule has 6 rings (SSSR count). The summed E-state index contributed by atoms with van der Waals surface area (Å²) in [6.45, 7) is 2.27. The number of alkyl carbamates (subject to hydrolysis) is 1. The second kappa shape index (κ2) is 11.7. The zero-order chi connectivity index (χ0) is 26.0. The first-order valence-electron chi connectivity index (χ1n) is 12.4. The fourth-order valence-electron chi connectivity index (χ4n) is 5.71. The number of amides is 1. The normalized spacial score (nSPS) is 22.0. The van der Waals surface area contributed by atoms with Crippen molar-refractivity contribution in [2.75, 3.05) is 26.2 Å². The van der Waals surface area contributed by atoms with Crippen LogP contribution in [-0.2, 0) is 4.74 Å². The van der Waals surface area contributed by atoms with Gasteiger partial charge in [0.25, 0.3) is 0 Å². The Kier molecular flexibility index (Phi) is 8.57. The molecular weight excluding hydrogens is 561 g/mol. The lowest BCUT2D eigenvalue weighted by atomic mass is 9.81. The molecule has 3 aliphatic heterocycles. The highest BCUT2D eigenvalue weighted by molar-refractivity contribution is 5.97. The summed E-state index contributed by atoms with van der Waals surface area (Å²) in [4.78, 5) is 26.0. The minimum absolute atomic E-state index is 0. The number of hydrogen-bond donors (Lipinski definition) is 1. The second-order valence-electron chi connectivity index (χ2n) is 10.0. The van der Waals surface area contributed by atoms with E-state index in [9.17, 15) is 22.8 Å². The molecule has 3 aromatic rings. The average molecular weight is 589 g/mol. The molecule has 1 amide bonds. The van der Waals surface area contributed by atoms with E-state index in [1.807, 2.05) is 0 Å². The van der Waals surface area contributed by atoms with Gasteiger partial charge in [-0.05, 0) is 53.4 Å². The van der Waals surface area contributed by atoms with Crippen LogP contribution < -0.4 is 22.3 Å². The van der Waals surface area contributed by atoms with Gasteiger partial charge in [0, 0.05) is 12.8 Å². The molecule has 0 radical (unpaired) electrons. The number of rotatable bonds is 7. The van der Waals surface area contributed by atoms with Crippen molar-refractivity contribution >= 4 is 11.9 Å². The number of piperidine rings is 3. The van der Waals surface area contributed by atoms with E-state index in [4.69, 9.17) is 4.74 Å². The lowest BCUT2D eigenvalue weighted by molar-refractivity contribution is -0.936. The van der Waals surface area contributed by atoms with Crippen LogP contribution in [0.2, 0.25) is 0 Å². The molecule has 3 fully saturated rings. The van der Waals surface area contributed by atoms with Crippen molar-refractivity contribution in [1.82, 2.24) is 5.32 Å². The smallest absolute Gasteiger partial charge is 0.408 e. The van der Waals surface area contributed by atoms with Crippen LogP contribution in [0.4, 0.5) is 18.0 Å². The Morgan fingerprint density at radius 2 is 1.50 bits per heavy atom. The molecule has 9 heteroatoms. The molecule has 0 spiro atoms. The monoisotopic (exact) mass is 588 g/mol. The lowest BCUT2D eigenvalue weighted by Gasteiger charge is -2.52. The van der Waals surface area contributed by atoms with Crippen LogP contribution in [0, 0.1) is 23.4 Å². The number of ether oxygens (including phenoxy) is 1. The Hall–Kier alpha value is -3.17. The van der Waals surface area contributed by atoms with Gasteiger partial charge in [0.15, 0.2) is 6.10 Å². The van der Waals surface area contributed by atoms with Crippen LogP contribution in [0.1, 0.15) is 40.4 Å². The first-order chi connectivity index (χ1) is 17.8. The van der Waals surface area contributed by atoms with Gasteiger partial charge in [-0.1, -0.05) is 36.4 Å². The van der Waals surface area contributed by atoms with Crippen molar-refractivity contribution in [2.24, 2.45) is 5.92 Å². The first-order valence-corrected chi connectivity index (χ1v) is 12.4. The van der Waals surface area contributed by atoms with Gasteiger partial charge in [-0.15, -0.1) is 0 Å². The van der Waals surface area contributed by atoms with Crippen molar-refractivity contribution in [2.45, 2.75) is 25.0 Å². The first kappa shape index (κ1) is 27.9. The maximum absolute atomic E-state index is 14.2. The quantitative estimate of drug-likeness (QED) is 0.341. The standard InChI is InChI=1S/C29H27F3N2O3.BrH/c30-22-7-3-5-20(15-22)28(21-6-4-8-23(31)16-21)37-29(36)33-26-17-34(13-11-19(26)12-14-34)18-27(35)24-9-1-2-10-25(24)32;/h1-10,15-16,19,26,28H,11-14,17-18H2;1H. The molecule has 200 valence electrons. The van der Waals surface area contributed by atoms with Gasteiger partial charge in [0.1, 0.15) is 24.0 Å². The molecule has 3 heterocycles. The summed E-state index contributed by atoms with van der Waals surface area (Å²) >= 11 is 0. The third kappa shape index (κ3) is 6.10. The van der Waals surface area contributed by atoms with Crippen molar-refractivity contribution in [3.63, 3.8) is 0 Å². The van der Waals surface area contributed by atoms with E-state index in [2.05, 4.69) is 5.32 Å². The number of Topliss-reactive ketones (excluding diaryl/α,β-unsaturated/α-hetero) is 1. The molecule has 1 N–H and O–H groups in total. The molecule has 0 aromatic heterocycles. The molecule has 3 saturated heterocycles. The third-order valence-corrected chi connectivity index (χ3v) is 7.59. The van der Waals surface area contributed by atoms with E-state index in [0.29, 0.717) is 22.2 Å². The number of carbonyl (C=O) groups excluding carboxylic acids is 2. The second-order valence-corrected chi connectivity index (χ2v) is 10.0. The largest absolute Gasteiger partial charge is 1.00 e. The maximum Gasteiger partial charge on any atom is 0.408 e. The minimum Gasteiger partial charge on any atom is -1.00 e. The molecular formula is C29H28BrF3N2O3. The molecule has 1 atom stereocenters. The van der Waals surface area contributed by atoms with Gasteiger partial charge in [-0.3, -0.25) is 4.79 Å². The van der Waals surface area contributed by atoms with Crippen LogP contribution in [0.3, 0.4) is 0 Å². The van der Waals surface area contributed by atoms with Gasteiger partial charge < -0.3 is 31.5 Å². The molecule has 3 aliphatic rings. The van der Waals surface area contributed by atoms with E-state index < -0.39 is 29.6 Å². The number of fused-ring (bicyclic) bond motifs is 3. The summed E-state index contributed by atoms with van der Waals surface area (Å²) in [7, 11) is 0. The number of nitrogens with one attached hydrogen (secondary N) is 1. The van der Waals surface area contributed by atoms with Gasteiger partial charge in [0.2, 0.25) is 5.78 Å². The average Bonchev–Trinajstić information content (AvgIpc) is 2.88. The van der Waals surface area contributed by atoms with E-state index in [0.717, 1.165) is 25.9 Å². The number of halogens is 4. The molecule has 2 bridgehead atoms. The summed E-state index contributed by atoms with van der Waals surface area (Å²) in [5.74, 6) is -1.54. The number of quaternary nitrogens is 1. The minimum atomic E-state index is -1.00. The molecule has 3 aromatic carbocycles. The zero-order valence-corrected chi connectivity index (χ0v) is 22.2.